The number of nitriles is 1. The summed E-state index contributed by atoms with van der Waals surface area (Å²) in [6.07, 6.45) is 0.618. The Kier molecular flexibility index (Phi) is 28.4. The molecular formula is C50H66BrCl2N5O6S. The number of hydrogen-bond acceptors (Lipinski definition) is 8. The minimum Gasteiger partial charge on any atom is -0.489 e. The quantitative estimate of drug-likeness (QED) is 0.0812. The maximum Gasteiger partial charge on any atom is 0.251 e. The minimum atomic E-state index is -0.769. The fraction of sp³-hybridized carbons (Fsp3) is 0.340. The molecule has 1 heterocycles. The van der Waals surface area contributed by atoms with Crippen LogP contribution in [0.25, 0.3) is 11.1 Å². The number of hydrogen-bond donors (Lipinski definition) is 4. The van der Waals surface area contributed by atoms with E-state index in [1.54, 1.807) is 24.3 Å². The van der Waals surface area contributed by atoms with E-state index in [9.17, 15) is 24.4 Å². The van der Waals surface area contributed by atoms with Gasteiger partial charge in [0.1, 0.15) is 34.5 Å². The SMILES string of the molecule is C.C.C.C.C.CNC(=O)C(Cc1ccc(-c2ccsc2C#N)cc1)NC(=O)c1ccc(OC(C)C)c(Cl)c1.CNC(=O)C(Cc1ccc(Br)cc1)NC(=O)c1ccc(OC(C)C)c(Cl)c1. The number of thiophene rings is 1. The molecule has 11 nitrogen and oxygen atoms in total. The molecule has 5 aromatic rings. The van der Waals surface area contributed by atoms with Crippen molar-refractivity contribution in [1.29, 1.82) is 5.26 Å². The monoisotopic (exact) mass is 1010 g/mol. The van der Waals surface area contributed by atoms with E-state index in [4.69, 9.17) is 32.7 Å². The van der Waals surface area contributed by atoms with Crippen molar-refractivity contribution in [3.8, 4) is 28.7 Å². The first-order valence-electron chi connectivity index (χ1n) is 18.9. The number of ether oxygens (including phenoxy) is 2. The van der Waals surface area contributed by atoms with Gasteiger partial charge in [-0.15, -0.1) is 11.3 Å². The highest BCUT2D eigenvalue weighted by molar-refractivity contribution is 9.10. The van der Waals surface area contributed by atoms with Crippen LogP contribution in [0.1, 0.15) is 102 Å². The Labute approximate surface area is 409 Å². The lowest BCUT2D eigenvalue weighted by Gasteiger charge is -2.18. The summed E-state index contributed by atoms with van der Waals surface area (Å²) in [5, 5.41) is 22.5. The Bertz CT molecular complexity index is 2310. The van der Waals surface area contributed by atoms with Crippen LogP contribution in [0.3, 0.4) is 0 Å². The number of carbonyl (C=O) groups is 4. The van der Waals surface area contributed by atoms with Crippen LogP contribution >= 0.6 is 50.5 Å². The van der Waals surface area contributed by atoms with Gasteiger partial charge in [0.2, 0.25) is 11.8 Å². The van der Waals surface area contributed by atoms with Gasteiger partial charge in [0.05, 0.1) is 22.3 Å². The van der Waals surface area contributed by atoms with Gasteiger partial charge >= 0.3 is 0 Å². The van der Waals surface area contributed by atoms with Gasteiger partial charge < -0.3 is 30.7 Å². The standard InChI is InChI=1S/C25H24ClN3O3S.C20H22BrClN2O3.5CH4/c1-15(2)32-22-9-8-18(13-20(22)26)24(30)29-21(25(31)28-3)12-16-4-6-17(7-5-16)19-10-11-33-23(19)14-27;1-12(2)27-18-9-6-14(11-16(18)22)19(25)24-17(20(26)23-3)10-13-4-7-15(21)8-5-13;;;;;/h4-11,13,15,21H,12H2,1-3H3,(H,28,31)(H,29,30);4-9,11-12,17H,10H2,1-3H3,(H,23,26)(H,24,25);5*1H4. The fourth-order valence-corrected chi connectivity index (χ4v) is 7.19. The van der Waals surface area contributed by atoms with Crippen LogP contribution in [-0.2, 0) is 22.4 Å². The molecule has 1 aromatic heterocycles. The minimum absolute atomic E-state index is 0. The topological polar surface area (TPSA) is 159 Å². The molecule has 0 fully saturated rings. The number of halogens is 3. The number of amides is 4. The molecule has 0 aliphatic carbocycles. The first-order chi connectivity index (χ1) is 28.6. The van der Waals surface area contributed by atoms with Crippen LogP contribution in [0.2, 0.25) is 10.0 Å². The Balaban J connectivity index is 0. The van der Waals surface area contributed by atoms with E-state index >= 15 is 0 Å². The van der Waals surface area contributed by atoms with Crippen LogP contribution in [0, 0.1) is 11.3 Å². The third-order valence-corrected chi connectivity index (χ3v) is 10.6. The van der Waals surface area contributed by atoms with Crippen molar-refractivity contribution in [2.45, 2.75) is 102 Å². The summed E-state index contributed by atoms with van der Waals surface area (Å²) in [4.78, 5) is 50.7. The summed E-state index contributed by atoms with van der Waals surface area (Å²) in [6.45, 7) is 7.57. The number of likely N-dealkylation sites (N-methyl/N-ethyl adjacent to an activating group) is 2. The van der Waals surface area contributed by atoms with E-state index in [1.165, 1.54) is 37.6 Å². The first kappa shape index (κ1) is 61.7. The molecule has 354 valence electrons. The van der Waals surface area contributed by atoms with Gasteiger partial charge in [-0.1, -0.05) is 113 Å². The Morgan fingerprint density at radius 1 is 0.646 bits per heavy atom. The highest BCUT2D eigenvalue weighted by Gasteiger charge is 2.23. The van der Waals surface area contributed by atoms with Crippen molar-refractivity contribution in [3.63, 3.8) is 0 Å². The van der Waals surface area contributed by atoms with Crippen LogP contribution < -0.4 is 30.7 Å². The smallest absolute Gasteiger partial charge is 0.251 e. The molecule has 0 bridgehead atoms. The molecule has 0 aliphatic rings. The largest absolute Gasteiger partial charge is 0.489 e. The average molecular weight is 1020 g/mol. The molecular weight excluding hydrogens is 949 g/mol. The van der Waals surface area contributed by atoms with Gasteiger partial charge in [-0.3, -0.25) is 19.2 Å². The average Bonchev–Trinajstić information content (AvgIpc) is 3.71. The molecule has 15 heteroatoms. The lowest BCUT2D eigenvalue weighted by molar-refractivity contribution is -0.123. The van der Waals surface area contributed by atoms with Crippen LogP contribution in [0.15, 0.2) is 101 Å². The predicted molar refractivity (Wildman–Crippen MR) is 275 cm³/mol. The van der Waals surface area contributed by atoms with Crippen LogP contribution in [0.4, 0.5) is 0 Å². The van der Waals surface area contributed by atoms with Gasteiger partial charge in [0, 0.05) is 48.1 Å². The van der Waals surface area contributed by atoms with Crippen molar-refractivity contribution >= 4 is 74.1 Å². The number of carbonyl (C=O) groups excluding carboxylic acids is 4. The number of benzene rings is 4. The van der Waals surface area contributed by atoms with Crippen molar-refractivity contribution in [1.82, 2.24) is 21.3 Å². The number of nitrogens with one attached hydrogen (secondary N) is 4. The molecule has 2 unspecified atom stereocenters. The lowest BCUT2D eigenvalue weighted by atomic mass is 10.0. The molecule has 5 rings (SSSR count). The number of nitrogens with zero attached hydrogens (tertiary/aromatic N) is 1. The van der Waals surface area contributed by atoms with Crippen molar-refractivity contribution < 1.29 is 28.7 Å². The molecule has 0 saturated carbocycles. The fourth-order valence-electron chi connectivity index (χ4n) is 5.77. The molecule has 0 saturated heterocycles. The Morgan fingerprint density at radius 2 is 1.05 bits per heavy atom. The Morgan fingerprint density at radius 3 is 1.40 bits per heavy atom. The molecule has 0 spiro atoms. The molecule has 2 atom stereocenters. The van der Waals surface area contributed by atoms with Crippen molar-refractivity contribution in [3.05, 3.63) is 138 Å². The third-order valence-electron chi connectivity index (χ3n) is 8.67. The zero-order valence-electron chi connectivity index (χ0n) is 33.9. The molecule has 4 aromatic carbocycles. The normalized spacial score (nSPS) is 10.7. The van der Waals surface area contributed by atoms with Gasteiger partial charge in [0.25, 0.3) is 11.8 Å². The molecule has 4 N–H and O–H groups in total. The Hall–Kier alpha value is -5.39. The third kappa shape index (κ3) is 18.6. The molecule has 4 amide bonds. The van der Waals surface area contributed by atoms with Gasteiger partial charge in [-0.25, -0.2) is 0 Å². The van der Waals surface area contributed by atoms with Crippen LogP contribution in [-0.4, -0.2) is 62.0 Å². The van der Waals surface area contributed by atoms with E-state index < -0.39 is 18.0 Å². The summed E-state index contributed by atoms with van der Waals surface area (Å²) in [5.41, 5.74) is 4.32. The molecule has 65 heavy (non-hydrogen) atoms. The van der Waals surface area contributed by atoms with Crippen LogP contribution in [0.5, 0.6) is 11.5 Å². The van der Waals surface area contributed by atoms with Gasteiger partial charge in [-0.05, 0) is 104 Å². The molecule has 0 radical (unpaired) electrons. The molecule has 0 aliphatic heterocycles. The summed E-state index contributed by atoms with van der Waals surface area (Å²) >= 11 is 17.2. The van der Waals surface area contributed by atoms with E-state index in [1.807, 2.05) is 87.7 Å². The second-order valence-electron chi connectivity index (χ2n) is 13.9. The maximum absolute atomic E-state index is 12.8. The van der Waals surface area contributed by atoms with E-state index in [-0.39, 0.29) is 67.1 Å². The number of rotatable bonds is 15. The summed E-state index contributed by atoms with van der Waals surface area (Å²) in [5.74, 6) is -0.342. The van der Waals surface area contributed by atoms with E-state index in [0.717, 1.165) is 26.7 Å². The first-order valence-corrected chi connectivity index (χ1v) is 21.3. The maximum atomic E-state index is 12.8. The second kappa shape index (κ2) is 29.9. The summed E-state index contributed by atoms with van der Waals surface area (Å²) in [7, 11) is 3.07. The van der Waals surface area contributed by atoms with Crippen molar-refractivity contribution in [2.24, 2.45) is 0 Å². The lowest BCUT2D eigenvalue weighted by Crippen LogP contribution is -2.47. The highest BCUT2D eigenvalue weighted by atomic mass is 79.9. The zero-order chi connectivity index (χ0) is 43.9. The summed E-state index contributed by atoms with van der Waals surface area (Å²) < 4.78 is 12.1. The van der Waals surface area contributed by atoms with Crippen molar-refractivity contribution in [2.75, 3.05) is 14.1 Å². The summed E-state index contributed by atoms with van der Waals surface area (Å²) in [6, 6.07) is 27.4. The van der Waals surface area contributed by atoms with E-state index in [2.05, 4.69) is 43.3 Å². The zero-order valence-corrected chi connectivity index (χ0v) is 37.8. The highest BCUT2D eigenvalue weighted by Crippen LogP contribution is 2.29. The predicted octanol–water partition coefficient (Wildman–Crippen LogP) is 12.0. The van der Waals surface area contributed by atoms with E-state index in [0.29, 0.717) is 50.4 Å². The second-order valence-corrected chi connectivity index (χ2v) is 16.6. The van der Waals surface area contributed by atoms with Gasteiger partial charge in [0.15, 0.2) is 0 Å². The van der Waals surface area contributed by atoms with Gasteiger partial charge in [-0.2, -0.15) is 5.26 Å².